The second-order valence-corrected chi connectivity index (χ2v) is 4.30. The third kappa shape index (κ3) is 2.73. The Hall–Kier alpha value is -1.09. The Balaban J connectivity index is 3.02. The first kappa shape index (κ1) is 13.0. The molecule has 3 heteroatoms. The maximum Gasteiger partial charge on any atom is 0.123 e. The van der Waals surface area contributed by atoms with Crippen LogP contribution in [0.1, 0.15) is 39.3 Å². The lowest BCUT2D eigenvalue weighted by atomic mass is 10.0. The highest BCUT2D eigenvalue weighted by Gasteiger charge is 2.19. The van der Waals surface area contributed by atoms with Crippen molar-refractivity contribution in [3.63, 3.8) is 0 Å². The van der Waals surface area contributed by atoms with Crippen LogP contribution in [0.5, 0.6) is 5.75 Å². The lowest BCUT2D eigenvalue weighted by molar-refractivity contribution is 0.171. The van der Waals surface area contributed by atoms with Gasteiger partial charge in [0.2, 0.25) is 0 Å². The number of phenols is 1. The predicted molar refractivity (Wildman–Crippen MR) is 64.0 cm³/mol. The maximum absolute atomic E-state index is 13.1. The summed E-state index contributed by atoms with van der Waals surface area (Å²) < 4.78 is 13.1. The van der Waals surface area contributed by atoms with E-state index in [2.05, 4.69) is 25.7 Å². The number of hydrogen-bond acceptors (Lipinski definition) is 2. The Labute approximate surface area is 96.7 Å². The fourth-order valence-corrected chi connectivity index (χ4v) is 2.12. The lowest BCUT2D eigenvalue weighted by Crippen LogP contribution is -2.33. The Morgan fingerprint density at radius 1 is 1.31 bits per heavy atom. The number of halogens is 1. The van der Waals surface area contributed by atoms with Gasteiger partial charge in [0.05, 0.1) is 0 Å². The van der Waals surface area contributed by atoms with Crippen LogP contribution in [-0.4, -0.2) is 22.6 Å². The molecule has 0 aliphatic carbocycles. The van der Waals surface area contributed by atoms with E-state index >= 15 is 0 Å². The summed E-state index contributed by atoms with van der Waals surface area (Å²) in [6.45, 7) is 9.10. The Kier molecular flexibility index (Phi) is 4.30. The number of aromatic hydroxyl groups is 1. The van der Waals surface area contributed by atoms with Crippen LogP contribution >= 0.6 is 0 Å². The van der Waals surface area contributed by atoms with Crippen LogP contribution in [0.4, 0.5) is 4.39 Å². The molecule has 0 aromatic heterocycles. The van der Waals surface area contributed by atoms with Gasteiger partial charge in [-0.3, -0.25) is 4.90 Å². The van der Waals surface area contributed by atoms with Gasteiger partial charge in [-0.05, 0) is 45.5 Å². The van der Waals surface area contributed by atoms with Crippen LogP contribution < -0.4 is 0 Å². The molecule has 0 heterocycles. The SMILES string of the molecule is CCN(C(C)C)C(C)c1cc(F)ccc1O. The van der Waals surface area contributed by atoms with Gasteiger partial charge in [0, 0.05) is 17.6 Å². The molecule has 0 aliphatic rings. The molecule has 0 bridgehead atoms. The van der Waals surface area contributed by atoms with Crippen LogP contribution in [0.25, 0.3) is 0 Å². The average molecular weight is 225 g/mol. The molecule has 1 unspecified atom stereocenters. The Bertz CT molecular complexity index is 352. The van der Waals surface area contributed by atoms with Gasteiger partial charge < -0.3 is 5.11 Å². The van der Waals surface area contributed by atoms with E-state index in [0.717, 1.165) is 6.54 Å². The van der Waals surface area contributed by atoms with Crippen molar-refractivity contribution >= 4 is 0 Å². The Morgan fingerprint density at radius 2 is 1.94 bits per heavy atom. The second-order valence-electron chi connectivity index (χ2n) is 4.30. The van der Waals surface area contributed by atoms with Crippen molar-refractivity contribution in [2.45, 2.75) is 39.8 Å². The first-order chi connectivity index (χ1) is 7.47. The summed E-state index contributed by atoms with van der Waals surface area (Å²) in [5, 5.41) is 9.74. The molecule has 1 aromatic carbocycles. The summed E-state index contributed by atoms with van der Waals surface area (Å²) >= 11 is 0. The van der Waals surface area contributed by atoms with Gasteiger partial charge in [-0.2, -0.15) is 0 Å². The molecule has 0 radical (unpaired) electrons. The van der Waals surface area contributed by atoms with Gasteiger partial charge in [-0.25, -0.2) is 4.39 Å². The molecule has 1 rings (SSSR count). The van der Waals surface area contributed by atoms with Gasteiger partial charge in [-0.15, -0.1) is 0 Å². The molecule has 1 atom stereocenters. The van der Waals surface area contributed by atoms with E-state index in [4.69, 9.17) is 0 Å². The van der Waals surface area contributed by atoms with Crippen molar-refractivity contribution in [2.24, 2.45) is 0 Å². The first-order valence-corrected chi connectivity index (χ1v) is 5.71. The summed E-state index contributed by atoms with van der Waals surface area (Å²) in [6.07, 6.45) is 0. The fourth-order valence-electron chi connectivity index (χ4n) is 2.12. The highest BCUT2D eigenvalue weighted by Crippen LogP contribution is 2.29. The maximum atomic E-state index is 13.1. The van der Waals surface area contributed by atoms with Crippen LogP contribution in [0.2, 0.25) is 0 Å². The largest absolute Gasteiger partial charge is 0.508 e. The predicted octanol–water partition coefficient (Wildman–Crippen LogP) is 3.32. The van der Waals surface area contributed by atoms with E-state index < -0.39 is 0 Å². The summed E-state index contributed by atoms with van der Waals surface area (Å²) in [5.74, 6) is -0.146. The molecule has 1 N–H and O–H groups in total. The Morgan fingerprint density at radius 3 is 2.44 bits per heavy atom. The van der Waals surface area contributed by atoms with Gasteiger partial charge in [0.1, 0.15) is 11.6 Å². The van der Waals surface area contributed by atoms with E-state index in [-0.39, 0.29) is 17.6 Å². The number of phenolic OH excluding ortho intramolecular Hbond substituents is 1. The minimum absolute atomic E-state index is 0.0145. The van der Waals surface area contributed by atoms with Gasteiger partial charge in [0.15, 0.2) is 0 Å². The van der Waals surface area contributed by atoms with E-state index in [1.165, 1.54) is 18.2 Å². The number of hydrogen-bond donors (Lipinski definition) is 1. The lowest BCUT2D eigenvalue weighted by Gasteiger charge is -2.32. The molecule has 0 amide bonds. The quantitative estimate of drug-likeness (QED) is 0.849. The third-order valence-electron chi connectivity index (χ3n) is 2.97. The van der Waals surface area contributed by atoms with Crippen LogP contribution in [-0.2, 0) is 0 Å². The van der Waals surface area contributed by atoms with E-state index in [0.29, 0.717) is 11.6 Å². The summed E-state index contributed by atoms with van der Waals surface area (Å²) in [5.41, 5.74) is 0.649. The normalized spacial score (nSPS) is 13.4. The molecule has 16 heavy (non-hydrogen) atoms. The smallest absolute Gasteiger partial charge is 0.123 e. The van der Waals surface area contributed by atoms with Crippen LogP contribution in [0.15, 0.2) is 18.2 Å². The second kappa shape index (κ2) is 5.30. The van der Waals surface area contributed by atoms with Crippen LogP contribution in [0.3, 0.4) is 0 Å². The van der Waals surface area contributed by atoms with E-state index in [1.54, 1.807) is 0 Å². The minimum atomic E-state index is -0.306. The highest BCUT2D eigenvalue weighted by atomic mass is 19.1. The van der Waals surface area contributed by atoms with Crippen molar-refractivity contribution in [3.8, 4) is 5.75 Å². The highest BCUT2D eigenvalue weighted by molar-refractivity contribution is 5.35. The molecule has 0 aliphatic heterocycles. The van der Waals surface area contributed by atoms with E-state index in [9.17, 15) is 9.50 Å². The van der Waals surface area contributed by atoms with Crippen LogP contribution in [0, 0.1) is 5.82 Å². The van der Waals surface area contributed by atoms with Gasteiger partial charge >= 0.3 is 0 Å². The summed E-state index contributed by atoms with van der Waals surface area (Å²) in [6, 6.07) is 4.47. The zero-order valence-electron chi connectivity index (χ0n) is 10.4. The van der Waals surface area contributed by atoms with Crippen molar-refractivity contribution in [2.75, 3.05) is 6.54 Å². The summed E-state index contributed by atoms with van der Waals surface area (Å²) in [7, 11) is 0. The molecule has 0 fully saturated rings. The molecular weight excluding hydrogens is 205 g/mol. The zero-order valence-corrected chi connectivity index (χ0v) is 10.4. The van der Waals surface area contributed by atoms with Crippen molar-refractivity contribution < 1.29 is 9.50 Å². The monoisotopic (exact) mass is 225 g/mol. The van der Waals surface area contributed by atoms with Crippen molar-refractivity contribution in [1.29, 1.82) is 0 Å². The molecule has 90 valence electrons. The van der Waals surface area contributed by atoms with Crippen molar-refractivity contribution in [3.05, 3.63) is 29.6 Å². The van der Waals surface area contributed by atoms with Crippen molar-refractivity contribution in [1.82, 2.24) is 4.90 Å². The topological polar surface area (TPSA) is 23.5 Å². The third-order valence-corrected chi connectivity index (χ3v) is 2.97. The van der Waals surface area contributed by atoms with E-state index in [1.807, 2.05) is 6.92 Å². The molecule has 1 aromatic rings. The van der Waals surface area contributed by atoms with Gasteiger partial charge in [0.25, 0.3) is 0 Å². The fraction of sp³-hybridized carbons (Fsp3) is 0.538. The molecule has 0 saturated heterocycles. The average Bonchev–Trinajstić information content (AvgIpc) is 2.22. The molecule has 2 nitrogen and oxygen atoms in total. The zero-order chi connectivity index (χ0) is 12.3. The molecule has 0 spiro atoms. The summed E-state index contributed by atoms with van der Waals surface area (Å²) in [4.78, 5) is 2.20. The number of benzene rings is 1. The molecule has 0 saturated carbocycles. The first-order valence-electron chi connectivity index (χ1n) is 5.71. The minimum Gasteiger partial charge on any atom is -0.508 e. The van der Waals surface area contributed by atoms with Gasteiger partial charge in [-0.1, -0.05) is 6.92 Å². The molecular formula is C13H20FNO. The number of nitrogens with zero attached hydrogens (tertiary/aromatic N) is 1. The standard InChI is InChI=1S/C13H20FNO/c1-5-15(9(2)3)10(4)12-8-11(14)6-7-13(12)16/h6-10,16H,5H2,1-4H3. The number of rotatable bonds is 4.